The van der Waals surface area contributed by atoms with Crippen LogP contribution in [-0.2, 0) is 14.8 Å². The number of methoxy groups -OCH3 is 1. The van der Waals surface area contributed by atoms with Crippen LogP contribution in [0, 0.1) is 12.1 Å². The molecular weight excluding hydrogens is 379 g/mol. The van der Waals surface area contributed by atoms with E-state index in [-0.39, 0.29) is 11.3 Å². The number of carbonyl (C=O) groups excluding carboxylic acids is 1. The molecule has 0 amide bonds. The largest absolute Gasteiger partial charge is 0.573 e. The van der Waals surface area contributed by atoms with Crippen LogP contribution >= 0.6 is 0 Å². The second kappa shape index (κ2) is 7.01. The number of rotatable bonds is 5. The lowest BCUT2D eigenvalue weighted by atomic mass is 10.2. The van der Waals surface area contributed by atoms with E-state index in [9.17, 15) is 31.5 Å². The van der Waals surface area contributed by atoms with E-state index in [0.717, 1.165) is 31.4 Å². The first-order valence-electron chi connectivity index (χ1n) is 6.65. The van der Waals surface area contributed by atoms with Gasteiger partial charge >= 0.3 is 12.3 Å². The maximum Gasteiger partial charge on any atom is 0.573 e. The van der Waals surface area contributed by atoms with Gasteiger partial charge in [0.05, 0.1) is 12.8 Å². The van der Waals surface area contributed by atoms with Crippen molar-refractivity contribution < 1.29 is 41.0 Å². The van der Waals surface area contributed by atoms with Crippen molar-refractivity contribution in [2.24, 2.45) is 0 Å². The number of sulfonamides is 1. The van der Waals surface area contributed by atoms with Gasteiger partial charge in [0, 0.05) is 18.2 Å². The second-order valence-corrected chi connectivity index (χ2v) is 6.35. The molecule has 0 aliphatic carbocycles. The molecule has 0 spiro atoms. The Hall–Kier alpha value is -3.13. The van der Waals surface area contributed by atoms with E-state index in [0.29, 0.717) is 6.07 Å². The number of carbonyl (C=O) groups is 1. The molecule has 138 valence electrons. The highest BCUT2D eigenvalue weighted by molar-refractivity contribution is 7.92. The second-order valence-electron chi connectivity index (χ2n) is 4.70. The number of esters is 1. The fourth-order valence-corrected chi connectivity index (χ4v) is 2.82. The molecule has 7 nitrogen and oxygen atoms in total. The number of hydrogen-bond donors (Lipinski definition) is 2. The van der Waals surface area contributed by atoms with Crippen molar-refractivity contribution in [2.75, 3.05) is 11.8 Å². The molecule has 0 atom stereocenters. The van der Waals surface area contributed by atoms with E-state index in [1.54, 1.807) is 0 Å². The van der Waals surface area contributed by atoms with Crippen LogP contribution in [0.2, 0.25) is 0 Å². The monoisotopic (exact) mass is 389 g/mol. The predicted molar refractivity (Wildman–Crippen MR) is 81.1 cm³/mol. The molecule has 0 aliphatic rings. The van der Waals surface area contributed by atoms with E-state index in [2.05, 4.69) is 21.6 Å². The van der Waals surface area contributed by atoms with Crippen LogP contribution in [-0.4, -0.2) is 33.0 Å². The summed E-state index contributed by atoms with van der Waals surface area (Å²) in [5.41, 5.74) is -0.346. The molecule has 0 unspecified atom stereocenters. The summed E-state index contributed by atoms with van der Waals surface area (Å²) in [4.78, 5) is 10.7. The van der Waals surface area contributed by atoms with Gasteiger partial charge in [0.2, 0.25) is 0 Å². The first kappa shape index (κ1) is 19.2. The average molecular weight is 389 g/mol. The van der Waals surface area contributed by atoms with Gasteiger partial charge in [-0.3, -0.25) is 4.72 Å². The molecule has 0 radical (unpaired) electrons. The minimum atomic E-state index is -5.00. The van der Waals surface area contributed by atoms with Crippen LogP contribution < -0.4 is 9.46 Å². The van der Waals surface area contributed by atoms with Crippen LogP contribution in [0.15, 0.2) is 35.2 Å². The van der Waals surface area contributed by atoms with Crippen LogP contribution in [0.3, 0.4) is 0 Å². The summed E-state index contributed by atoms with van der Waals surface area (Å²) >= 11 is 0. The smallest absolute Gasteiger partial charge is 0.507 e. The Kier molecular flexibility index (Phi) is 5.17. The molecule has 0 saturated heterocycles. The zero-order valence-electron chi connectivity index (χ0n) is 12.9. The number of phenolic OH excluding ortho intramolecular Hbond substituents is 1. The van der Waals surface area contributed by atoms with Crippen molar-refractivity contribution in [3.63, 3.8) is 0 Å². The van der Waals surface area contributed by atoms with Gasteiger partial charge in [-0.05, 0) is 18.2 Å². The number of halogens is 3. The highest BCUT2D eigenvalue weighted by Gasteiger charge is 2.31. The molecule has 0 heterocycles. The third-order valence-electron chi connectivity index (χ3n) is 2.86. The van der Waals surface area contributed by atoms with E-state index in [1.165, 1.54) is 0 Å². The Morgan fingerprint density at radius 2 is 1.96 bits per heavy atom. The molecular formula is C15H10F3NO6S. The first-order chi connectivity index (χ1) is 12.0. The summed E-state index contributed by atoms with van der Waals surface area (Å²) in [6.07, 6.45) is -5.00. The van der Waals surface area contributed by atoms with Crippen molar-refractivity contribution >= 4 is 21.7 Å². The molecule has 2 rings (SSSR count). The number of anilines is 1. The Balaban J connectivity index is 2.28. The summed E-state index contributed by atoms with van der Waals surface area (Å²) in [6.45, 7) is 0. The Labute approximate surface area is 146 Å². The highest BCUT2D eigenvalue weighted by Crippen LogP contribution is 2.26. The van der Waals surface area contributed by atoms with E-state index < -0.39 is 38.7 Å². The summed E-state index contributed by atoms with van der Waals surface area (Å²) in [7, 11) is -3.26. The Morgan fingerprint density at radius 3 is 2.54 bits per heavy atom. The minimum Gasteiger partial charge on any atom is -0.507 e. The van der Waals surface area contributed by atoms with Crippen molar-refractivity contribution in [3.8, 4) is 11.5 Å². The average Bonchev–Trinajstić information content (AvgIpc) is 2.52. The molecule has 0 bridgehead atoms. The minimum absolute atomic E-state index is 0.148. The standard InChI is InChI=1S/C15H10F3NO6S/c1-24-14(21)12-6-5-9(7-13(12)20)19-26(22,23)11-4-2-3-10(8-11)25-15(16,17)18/h3,5-8,19-20H,1H3. The van der Waals surface area contributed by atoms with Crippen molar-refractivity contribution in [1.82, 2.24) is 0 Å². The van der Waals surface area contributed by atoms with Gasteiger partial charge in [0.1, 0.15) is 22.0 Å². The normalized spacial score (nSPS) is 11.4. The number of nitrogens with one attached hydrogen (secondary N) is 1. The van der Waals surface area contributed by atoms with Gasteiger partial charge in [-0.2, -0.15) is 0 Å². The lowest BCUT2D eigenvalue weighted by molar-refractivity contribution is -0.274. The zero-order chi connectivity index (χ0) is 19.5. The van der Waals surface area contributed by atoms with Crippen molar-refractivity contribution in [2.45, 2.75) is 11.3 Å². The number of aromatic hydroxyl groups is 1. The van der Waals surface area contributed by atoms with Gasteiger partial charge in [-0.15, -0.1) is 13.2 Å². The zero-order valence-corrected chi connectivity index (χ0v) is 13.7. The highest BCUT2D eigenvalue weighted by atomic mass is 32.2. The Morgan fingerprint density at radius 1 is 1.27 bits per heavy atom. The summed E-state index contributed by atoms with van der Waals surface area (Å²) in [5, 5.41) is 9.74. The number of phenols is 1. The predicted octanol–water partition coefficient (Wildman–Crippen LogP) is 2.48. The van der Waals surface area contributed by atoms with Crippen LogP contribution in [0.5, 0.6) is 11.5 Å². The molecule has 0 saturated carbocycles. The van der Waals surface area contributed by atoms with Gasteiger partial charge in [0.15, 0.2) is 0 Å². The number of hydrogen-bond acceptors (Lipinski definition) is 6. The lowest BCUT2D eigenvalue weighted by Crippen LogP contribution is -2.18. The summed E-state index contributed by atoms with van der Waals surface area (Å²) in [5.74, 6) is -2.18. The maximum absolute atomic E-state index is 12.2. The lowest BCUT2D eigenvalue weighted by Gasteiger charge is -2.11. The van der Waals surface area contributed by atoms with Crippen LogP contribution in [0.25, 0.3) is 0 Å². The molecule has 0 aliphatic heterocycles. The summed E-state index contributed by atoms with van der Waals surface area (Å²) in [6, 6.07) is 8.83. The first-order valence-corrected chi connectivity index (χ1v) is 8.13. The van der Waals surface area contributed by atoms with E-state index >= 15 is 0 Å². The number of benzene rings is 1. The van der Waals surface area contributed by atoms with Gasteiger partial charge < -0.3 is 14.6 Å². The fourth-order valence-electron chi connectivity index (χ4n) is 1.81. The van der Waals surface area contributed by atoms with Gasteiger partial charge in [0.25, 0.3) is 10.0 Å². The quantitative estimate of drug-likeness (QED) is 0.762. The van der Waals surface area contributed by atoms with Crippen molar-refractivity contribution in [1.29, 1.82) is 0 Å². The van der Waals surface area contributed by atoms with Crippen LogP contribution in [0.1, 0.15) is 10.4 Å². The van der Waals surface area contributed by atoms with E-state index in [4.69, 9.17) is 0 Å². The molecule has 0 aromatic heterocycles. The molecule has 11 heteroatoms. The molecule has 2 aromatic carbocycles. The number of alkyl halides is 3. The fraction of sp³-hybridized carbons (Fsp3) is 0.133. The third kappa shape index (κ3) is 4.70. The number of ether oxygens (including phenoxy) is 2. The SMILES string of the molecule is COC(=O)c1ccc(NS(=O)(=O)c2c#ccc(OC(F)(F)F)c2)cc1O. The third-order valence-corrected chi connectivity index (χ3v) is 4.16. The molecule has 0 fully saturated rings. The van der Waals surface area contributed by atoms with Crippen molar-refractivity contribution in [3.05, 3.63) is 48.0 Å². The topological polar surface area (TPSA) is 102 Å². The molecule has 2 aromatic rings. The summed E-state index contributed by atoms with van der Waals surface area (Å²) < 4.78 is 71.2. The molecule has 26 heavy (non-hydrogen) atoms. The Bertz CT molecular complexity index is 927. The molecule has 2 N–H and O–H groups in total. The van der Waals surface area contributed by atoms with Crippen LogP contribution in [0.4, 0.5) is 18.9 Å². The van der Waals surface area contributed by atoms with Gasteiger partial charge in [-0.1, -0.05) is 6.07 Å². The maximum atomic E-state index is 12.2. The van der Waals surface area contributed by atoms with Gasteiger partial charge in [-0.25, -0.2) is 13.2 Å². The van der Waals surface area contributed by atoms with E-state index in [1.807, 2.05) is 4.72 Å².